The van der Waals surface area contributed by atoms with Gasteiger partial charge in [-0.15, -0.1) is 0 Å². The molecule has 0 aliphatic rings. The van der Waals surface area contributed by atoms with Gasteiger partial charge in [-0.05, 0) is 20.3 Å². The van der Waals surface area contributed by atoms with Crippen LogP contribution in [0.3, 0.4) is 0 Å². The Morgan fingerprint density at radius 2 is 1.50 bits per heavy atom. The molecular formula is C7H19BrN2. The predicted molar refractivity (Wildman–Crippen MR) is 40.7 cm³/mol. The van der Waals surface area contributed by atoms with Gasteiger partial charge < -0.3 is 17.0 Å². The molecule has 0 aromatic rings. The lowest BCUT2D eigenvalue weighted by molar-refractivity contribution is -0.936. The quantitative estimate of drug-likeness (QED) is 0.329. The number of nitrogens with two attached hydrogens (primary N) is 1. The first kappa shape index (κ1) is 13.0. The van der Waals surface area contributed by atoms with Crippen molar-refractivity contribution in [3.8, 4) is 0 Å². The highest BCUT2D eigenvalue weighted by Gasteiger charge is 2.14. The number of hydrogen-bond acceptors (Lipinski definition) is 1. The number of hydrogen-bond donors (Lipinski definition) is 1. The first-order chi connectivity index (χ1) is 4.18. The third-order valence-electron chi connectivity index (χ3n) is 1.93. The second-order valence-corrected chi connectivity index (χ2v) is 2.57. The molecule has 0 aliphatic carbocycles. The Hall–Kier alpha value is 0.400. The summed E-state index contributed by atoms with van der Waals surface area (Å²) in [6, 6.07) is 0. The van der Waals surface area contributed by atoms with Crippen molar-refractivity contribution in [1.29, 1.82) is 0 Å². The average molecular weight is 211 g/mol. The van der Waals surface area contributed by atoms with Gasteiger partial charge in [-0.1, -0.05) is 6.92 Å². The highest BCUT2D eigenvalue weighted by molar-refractivity contribution is 4.28. The summed E-state index contributed by atoms with van der Waals surface area (Å²) >= 11 is 0. The van der Waals surface area contributed by atoms with Crippen molar-refractivity contribution in [2.45, 2.75) is 27.2 Å². The van der Waals surface area contributed by atoms with E-state index < -0.39 is 0 Å². The Morgan fingerprint density at radius 3 is 1.60 bits per heavy atom. The van der Waals surface area contributed by atoms with E-state index in [0.717, 1.165) is 24.2 Å². The van der Waals surface area contributed by atoms with Crippen molar-refractivity contribution >= 4 is 0 Å². The zero-order chi connectivity index (χ0) is 7.33. The van der Waals surface area contributed by atoms with Crippen molar-refractivity contribution < 1.29 is 21.6 Å². The third kappa shape index (κ3) is 4.25. The summed E-state index contributed by atoms with van der Waals surface area (Å²) in [7, 11) is 0. The fraction of sp³-hybridized carbons (Fsp3) is 1.00. The number of halogens is 1. The summed E-state index contributed by atoms with van der Waals surface area (Å²) in [5, 5.41) is 0. The van der Waals surface area contributed by atoms with Gasteiger partial charge in [0.05, 0.1) is 19.6 Å². The molecule has 0 unspecified atom stereocenters. The van der Waals surface area contributed by atoms with Crippen LogP contribution in [0.1, 0.15) is 27.2 Å². The molecule has 0 atom stereocenters. The van der Waals surface area contributed by atoms with Crippen LogP contribution in [0.25, 0.3) is 0 Å². The maximum Gasteiger partial charge on any atom is 0.0957 e. The normalized spacial score (nSPS) is 10.8. The fourth-order valence-electron chi connectivity index (χ4n) is 0.985. The van der Waals surface area contributed by atoms with Crippen molar-refractivity contribution in [2.24, 2.45) is 5.84 Å². The second kappa shape index (κ2) is 6.13. The minimum absolute atomic E-state index is 0. The van der Waals surface area contributed by atoms with E-state index in [9.17, 15) is 0 Å². The van der Waals surface area contributed by atoms with Crippen molar-refractivity contribution in [2.75, 3.05) is 19.6 Å². The highest BCUT2D eigenvalue weighted by Crippen LogP contribution is 1.97. The summed E-state index contributed by atoms with van der Waals surface area (Å²) in [4.78, 5) is 0. The third-order valence-corrected chi connectivity index (χ3v) is 1.93. The predicted octanol–water partition coefficient (Wildman–Crippen LogP) is -1.87. The van der Waals surface area contributed by atoms with Gasteiger partial charge in [-0.2, -0.15) is 5.84 Å². The summed E-state index contributed by atoms with van der Waals surface area (Å²) < 4.78 is 0.733. The number of nitrogens with zero attached hydrogens (tertiary/aromatic N) is 1. The molecule has 0 bridgehead atoms. The second-order valence-electron chi connectivity index (χ2n) is 2.57. The monoisotopic (exact) mass is 210 g/mol. The van der Waals surface area contributed by atoms with E-state index in [1.165, 1.54) is 6.42 Å². The van der Waals surface area contributed by atoms with Crippen LogP contribution in [0, 0.1) is 0 Å². The summed E-state index contributed by atoms with van der Waals surface area (Å²) in [5.74, 6) is 5.94. The molecule has 0 aromatic carbocycles. The SMILES string of the molecule is CCC[N+](N)(CC)CC.[Br-]. The van der Waals surface area contributed by atoms with Crippen LogP contribution in [0.2, 0.25) is 0 Å². The zero-order valence-electron chi connectivity index (χ0n) is 7.23. The number of quaternary nitrogens is 1. The zero-order valence-corrected chi connectivity index (χ0v) is 8.82. The van der Waals surface area contributed by atoms with Crippen LogP contribution < -0.4 is 22.8 Å². The van der Waals surface area contributed by atoms with E-state index in [-0.39, 0.29) is 17.0 Å². The molecule has 10 heavy (non-hydrogen) atoms. The molecule has 2 nitrogen and oxygen atoms in total. The van der Waals surface area contributed by atoms with Crippen LogP contribution in [0.15, 0.2) is 0 Å². The van der Waals surface area contributed by atoms with Crippen LogP contribution in [0.5, 0.6) is 0 Å². The molecule has 64 valence electrons. The Morgan fingerprint density at radius 1 is 1.10 bits per heavy atom. The van der Waals surface area contributed by atoms with Gasteiger partial charge in [0.2, 0.25) is 0 Å². The lowest BCUT2D eigenvalue weighted by Crippen LogP contribution is -3.00. The van der Waals surface area contributed by atoms with Crippen LogP contribution in [-0.2, 0) is 0 Å². The Labute approximate surface area is 74.7 Å². The van der Waals surface area contributed by atoms with Crippen molar-refractivity contribution in [3.05, 3.63) is 0 Å². The van der Waals surface area contributed by atoms with Gasteiger partial charge in [-0.25, -0.2) is 4.59 Å². The lowest BCUT2D eigenvalue weighted by atomic mass is 10.4. The van der Waals surface area contributed by atoms with Gasteiger partial charge in [0.15, 0.2) is 0 Å². The molecule has 2 N–H and O–H groups in total. The first-order valence-electron chi connectivity index (χ1n) is 3.83. The molecule has 0 saturated heterocycles. The minimum atomic E-state index is 0. The molecule has 0 saturated carbocycles. The molecule has 0 radical (unpaired) electrons. The largest absolute Gasteiger partial charge is 1.00 e. The Kier molecular flexibility index (Phi) is 7.99. The van der Waals surface area contributed by atoms with Gasteiger partial charge >= 0.3 is 0 Å². The van der Waals surface area contributed by atoms with E-state index >= 15 is 0 Å². The molecule has 0 rings (SSSR count). The molecule has 0 heterocycles. The molecule has 0 spiro atoms. The first-order valence-corrected chi connectivity index (χ1v) is 3.83. The Balaban J connectivity index is 0. The summed E-state index contributed by atoms with van der Waals surface area (Å²) in [6.45, 7) is 9.64. The molecule has 3 heteroatoms. The van der Waals surface area contributed by atoms with E-state index in [0.29, 0.717) is 0 Å². The molecule has 0 amide bonds. The standard InChI is InChI=1S/C7H19N2.BrH/c1-4-7-9(8,5-2)6-3;/h4-8H2,1-3H3;1H/q+1;/p-1. The summed E-state index contributed by atoms with van der Waals surface area (Å²) in [6.07, 6.45) is 1.18. The highest BCUT2D eigenvalue weighted by atomic mass is 79.9. The molecule has 0 fully saturated rings. The van der Waals surface area contributed by atoms with Crippen molar-refractivity contribution in [3.63, 3.8) is 0 Å². The summed E-state index contributed by atoms with van der Waals surface area (Å²) in [5.41, 5.74) is 0. The molecule has 0 aliphatic heterocycles. The van der Waals surface area contributed by atoms with Crippen LogP contribution in [-0.4, -0.2) is 24.2 Å². The maximum atomic E-state index is 5.94. The minimum Gasteiger partial charge on any atom is -1.00 e. The molecule has 0 aromatic heterocycles. The van der Waals surface area contributed by atoms with E-state index in [2.05, 4.69) is 20.8 Å². The smallest absolute Gasteiger partial charge is 0.0957 e. The lowest BCUT2D eigenvalue weighted by Gasteiger charge is -2.29. The van der Waals surface area contributed by atoms with Gasteiger partial charge in [0.1, 0.15) is 0 Å². The van der Waals surface area contributed by atoms with Gasteiger partial charge in [0.25, 0.3) is 0 Å². The average Bonchev–Trinajstić information content (AvgIpc) is 1.89. The van der Waals surface area contributed by atoms with Crippen LogP contribution in [0.4, 0.5) is 0 Å². The van der Waals surface area contributed by atoms with Crippen LogP contribution >= 0.6 is 0 Å². The van der Waals surface area contributed by atoms with Gasteiger partial charge in [-0.3, -0.25) is 0 Å². The Bertz CT molecular complexity index is 72.0. The van der Waals surface area contributed by atoms with Gasteiger partial charge in [0, 0.05) is 0 Å². The van der Waals surface area contributed by atoms with E-state index in [4.69, 9.17) is 5.84 Å². The fourth-order valence-corrected chi connectivity index (χ4v) is 0.985. The van der Waals surface area contributed by atoms with E-state index in [1.54, 1.807) is 0 Å². The maximum absolute atomic E-state index is 5.94. The van der Waals surface area contributed by atoms with Crippen molar-refractivity contribution in [1.82, 2.24) is 0 Å². The van der Waals surface area contributed by atoms with E-state index in [1.807, 2.05) is 0 Å². The topological polar surface area (TPSA) is 26.0 Å². The molecular weight excluding hydrogens is 192 g/mol. The number of rotatable bonds is 4.